The van der Waals surface area contributed by atoms with Crippen molar-refractivity contribution in [3.8, 4) is 11.5 Å². The van der Waals surface area contributed by atoms with Crippen LogP contribution < -0.4 is 14.4 Å². The van der Waals surface area contributed by atoms with Crippen molar-refractivity contribution in [2.75, 3.05) is 19.1 Å². The predicted molar refractivity (Wildman–Crippen MR) is 132 cm³/mol. The molecule has 1 saturated heterocycles. The summed E-state index contributed by atoms with van der Waals surface area (Å²) in [6, 6.07) is 21.3. The number of carbonyl (C=O) groups is 1. The van der Waals surface area contributed by atoms with Gasteiger partial charge in [0.1, 0.15) is 11.5 Å². The van der Waals surface area contributed by atoms with Crippen molar-refractivity contribution in [1.29, 1.82) is 0 Å². The second-order valence-corrected chi connectivity index (χ2v) is 8.44. The topological polar surface area (TPSA) is 51.1 Å². The van der Waals surface area contributed by atoms with Crippen LogP contribution in [0.25, 0.3) is 6.08 Å². The summed E-state index contributed by atoms with van der Waals surface area (Å²) in [7, 11) is 3.22. The molecule has 1 fully saturated rings. The monoisotopic (exact) mass is 444 g/mol. The summed E-state index contributed by atoms with van der Waals surface area (Å²) >= 11 is 1.35. The van der Waals surface area contributed by atoms with Gasteiger partial charge in [0.05, 0.1) is 30.5 Å². The highest BCUT2D eigenvalue weighted by Crippen LogP contribution is 2.39. The number of aliphatic imine (C=N–C) groups is 1. The summed E-state index contributed by atoms with van der Waals surface area (Å²) < 4.78 is 10.8. The molecule has 0 unspecified atom stereocenters. The molecule has 3 aromatic rings. The molecular weight excluding hydrogens is 420 g/mol. The third kappa shape index (κ3) is 4.55. The van der Waals surface area contributed by atoms with Gasteiger partial charge < -0.3 is 9.47 Å². The second kappa shape index (κ2) is 9.32. The minimum Gasteiger partial charge on any atom is -0.497 e. The summed E-state index contributed by atoms with van der Waals surface area (Å²) in [6.45, 7) is 4.03. The number of hydrogen-bond acceptors (Lipinski definition) is 5. The van der Waals surface area contributed by atoms with Gasteiger partial charge in [-0.25, -0.2) is 4.99 Å². The van der Waals surface area contributed by atoms with Crippen LogP contribution in [0.15, 0.2) is 76.6 Å². The van der Waals surface area contributed by atoms with Gasteiger partial charge in [0.2, 0.25) is 0 Å². The SMILES string of the molecule is COc1ccc(OC)c(C=C2SC(=Nc3cccc(C)c3)N(c3cccc(C)c3)C2=O)c1. The number of thioether (sulfide) groups is 1. The van der Waals surface area contributed by atoms with E-state index in [2.05, 4.69) is 0 Å². The third-order valence-corrected chi connectivity index (χ3v) is 5.98. The largest absolute Gasteiger partial charge is 0.497 e. The van der Waals surface area contributed by atoms with Gasteiger partial charge in [-0.3, -0.25) is 9.69 Å². The number of nitrogens with zero attached hydrogens (tertiary/aromatic N) is 2. The molecule has 0 aromatic heterocycles. The molecule has 1 aliphatic rings. The first kappa shape index (κ1) is 21.7. The zero-order valence-corrected chi connectivity index (χ0v) is 19.3. The van der Waals surface area contributed by atoms with E-state index in [1.54, 1.807) is 19.1 Å². The van der Waals surface area contributed by atoms with Crippen LogP contribution in [0.3, 0.4) is 0 Å². The number of ether oxygens (including phenoxy) is 2. The van der Waals surface area contributed by atoms with Gasteiger partial charge >= 0.3 is 0 Å². The van der Waals surface area contributed by atoms with Crippen molar-refractivity contribution in [3.63, 3.8) is 0 Å². The molecule has 0 aliphatic carbocycles. The minimum atomic E-state index is -0.128. The summed E-state index contributed by atoms with van der Waals surface area (Å²) in [5.41, 5.74) is 4.54. The smallest absolute Gasteiger partial charge is 0.271 e. The van der Waals surface area contributed by atoms with E-state index in [0.29, 0.717) is 21.6 Å². The first-order chi connectivity index (χ1) is 15.5. The van der Waals surface area contributed by atoms with Gasteiger partial charge in [-0.1, -0.05) is 24.3 Å². The van der Waals surface area contributed by atoms with Gasteiger partial charge in [-0.2, -0.15) is 0 Å². The number of methoxy groups -OCH3 is 2. The quantitative estimate of drug-likeness (QED) is 0.444. The van der Waals surface area contributed by atoms with Crippen molar-refractivity contribution in [1.82, 2.24) is 0 Å². The number of amides is 1. The number of benzene rings is 3. The van der Waals surface area contributed by atoms with Crippen LogP contribution in [0.4, 0.5) is 11.4 Å². The van der Waals surface area contributed by atoms with Crippen LogP contribution in [0.2, 0.25) is 0 Å². The Morgan fingerprint density at radius 3 is 2.34 bits per heavy atom. The Labute approximate surface area is 192 Å². The molecular formula is C26H24N2O3S. The van der Waals surface area contributed by atoms with Crippen molar-refractivity contribution in [2.24, 2.45) is 4.99 Å². The van der Waals surface area contributed by atoms with Gasteiger partial charge in [0.25, 0.3) is 5.91 Å². The second-order valence-electron chi connectivity index (χ2n) is 7.43. The molecule has 1 heterocycles. The van der Waals surface area contributed by atoms with Gasteiger partial charge in [-0.15, -0.1) is 0 Å². The molecule has 32 heavy (non-hydrogen) atoms. The van der Waals surface area contributed by atoms with E-state index < -0.39 is 0 Å². The van der Waals surface area contributed by atoms with Gasteiger partial charge in [0, 0.05) is 5.56 Å². The van der Waals surface area contributed by atoms with Crippen molar-refractivity contribution in [2.45, 2.75) is 13.8 Å². The van der Waals surface area contributed by atoms with Crippen LogP contribution in [-0.4, -0.2) is 25.3 Å². The standard InChI is InChI=1S/C26H24N2O3S/c1-17-7-5-9-20(13-17)27-26-28(21-10-6-8-18(2)14-21)25(29)24(32-26)16-19-15-22(30-3)11-12-23(19)31-4/h5-16H,1-4H3. The maximum atomic E-state index is 13.5. The van der Waals surface area contributed by atoms with Gasteiger partial charge in [0.15, 0.2) is 5.17 Å². The molecule has 6 heteroatoms. The number of hydrogen-bond donors (Lipinski definition) is 0. The molecule has 3 aromatic carbocycles. The molecule has 0 N–H and O–H groups in total. The van der Waals surface area contributed by atoms with E-state index in [9.17, 15) is 4.79 Å². The fourth-order valence-electron chi connectivity index (χ4n) is 3.44. The maximum Gasteiger partial charge on any atom is 0.271 e. The molecule has 0 saturated carbocycles. The van der Waals surface area contributed by atoms with E-state index in [1.807, 2.05) is 86.7 Å². The van der Waals surface area contributed by atoms with Crippen LogP contribution in [0.1, 0.15) is 16.7 Å². The normalized spacial score (nSPS) is 16.1. The number of rotatable bonds is 5. The Hall–Kier alpha value is -3.51. The minimum absolute atomic E-state index is 0.128. The highest BCUT2D eigenvalue weighted by Gasteiger charge is 2.35. The lowest BCUT2D eigenvalue weighted by Crippen LogP contribution is -2.28. The fraction of sp³-hybridized carbons (Fsp3) is 0.154. The average molecular weight is 445 g/mol. The highest BCUT2D eigenvalue weighted by atomic mass is 32.2. The number of aryl methyl sites for hydroxylation is 2. The molecule has 1 amide bonds. The first-order valence-corrected chi connectivity index (χ1v) is 11.0. The van der Waals surface area contributed by atoms with Crippen molar-refractivity contribution < 1.29 is 14.3 Å². The summed E-state index contributed by atoms with van der Waals surface area (Å²) in [6.07, 6.45) is 1.83. The summed E-state index contributed by atoms with van der Waals surface area (Å²) in [5, 5.41) is 0.610. The number of amidine groups is 1. The Bertz CT molecular complexity index is 1230. The fourth-order valence-corrected chi connectivity index (χ4v) is 4.44. The summed E-state index contributed by atoms with van der Waals surface area (Å²) in [4.78, 5) is 20.6. The third-order valence-electron chi connectivity index (χ3n) is 5.02. The average Bonchev–Trinajstić information content (AvgIpc) is 3.08. The number of anilines is 1. The Balaban J connectivity index is 1.82. The Morgan fingerprint density at radius 1 is 0.906 bits per heavy atom. The van der Waals surface area contributed by atoms with E-state index in [1.165, 1.54) is 11.8 Å². The Morgan fingerprint density at radius 2 is 1.66 bits per heavy atom. The van der Waals surface area contributed by atoms with Crippen LogP contribution in [0, 0.1) is 13.8 Å². The van der Waals surface area contributed by atoms with Crippen LogP contribution >= 0.6 is 11.8 Å². The van der Waals surface area contributed by atoms with Crippen LogP contribution in [0.5, 0.6) is 11.5 Å². The lowest BCUT2D eigenvalue weighted by molar-refractivity contribution is -0.113. The molecule has 1 aliphatic heterocycles. The summed E-state index contributed by atoms with van der Waals surface area (Å²) in [5.74, 6) is 1.23. The highest BCUT2D eigenvalue weighted by molar-refractivity contribution is 8.19. The molecule has 0 bridgehead atoms. The van der Waals surface area contributed by atoms with E-state index in [-0.39, 0.29) is 5.91 Å². The lowest BCUT2D eigenvalue weighted by atomic mass is 10.1. The molecule has 0 spiro atoms. The predicted octanol–water partition coefficient (Wildman–Crippen LogP) is 6.13. The van der Waals surface area contributed by atoms with E-state index in [0.717, 1.165) is 28.1 Å². The van der Waals surface area contributed by atoms with Crippen LogP contribution in [-0.2, 0) is 4.79 Å². The lowest BCUT2D eigenvalue weighted by Gasteiger charge is -2.16. The van der Waals surface area contributed by atoms with E-state index in [4.69, 9.17) is 14.5 Å². The zero-order valence-electron chi connectivity index (χ0n) is 18.5. The van der Waals surface area contributed by atoms with E-state index >= 15 is 0 Å². The molecule has 5 nitrogen and oxygen atoms in total. The Kier molecular flexibility index (Phi) is 6.32. The molecule has 0 atom stereocenters. The number of carbonyl (C=O) groups excluding carboxylic acids is 1. The van der Waals surface area contributed by atoms with Gasteiger partial charge in [-0.05, 0) is 85.3 Å². The van der Waals surface area contributed by atoms with Crippen molar-refractivity contribution >= 4 is 40.3 Å². The molecule has 0 radical (unpaired) electrons. The molecule has 162 valence electrons. The van der Waals surface area contributed by atoms with Crippen molar-refractivity contribution in [3.05, 3.63) is 88.3 Å². The first-order valence-electron chi connectivity index (χ1n) is 10.2. The molecule has 4 rings (SSSR count). The maximum absolute atomic E-state index is 13.5. The zero-order chi connectivity index (χ0) is 22.7.